The molecular weight excluding hydrogens is 304 g/mol. The van der Waals surface area contributed by atoms with Crippen molar-refractivity contribution in [1.29, 1.82) is 0 Å². The lowest BCUT2D eigenvalue weighted by Crippen LogP contribution is -2.33. The molecule has 0 aliphatic carbocycles. The fraction of sp³-hybridized carbons (Fsp3) is 0.278. The minimum atomic E-state index is -0.163. The lowest BCUT2D eigenvalue weighted by atomic mass is 10.1. The molecule has 0 atom stereocenters. The number of hydrogen-bond acceptors (Lipinski definition) is 5. The molecule has 6 heteroatoms. The number of carbonyl (C=O) groups is 1. The molecule has 1 aliphatic heterocycles. The van der Waals surface area contributed by atoms with Crippen LogP contribution in [-0.4, -0.2) is 42.9 Å². The van der Waals surface area contributed by atoms with Crippen LogP contribution in [0.25, 0.3) is 0 Å². The number of nitroso groups, excluding NO2 is 1. The van der Waals surface area contributed by atoms with Gasteiger partial charge in [-0.15, -0.1) is 4.91 Å². The lowest BCUT2D eigenvalue weighted by Gasteiger charge is -2.20. The molecule has 0 unspecified atom stereocenters. The van der Waals surface area contributed by atoms with Gasteiger partial charge in [0.25, 0.3) is 5.91 Å². The molecule has 0 radical (unpaired) electrons. The summed E-state index contributed by atoms with van der Waals surface area (Å²) in [5.74, 6) is -0.163. The molecule has 1 aromatic rings. The lowest BCUT2D eigenvalue weighted by molar-refractivity contribution is -0.117. The molecular formula is C18H22N4O2. The average Bonchev–Trinajstić information content (AvgIpc) is 2.58. The highest BCUT2D eigenvalue weighted by Gasteiger charge is 2.13. The van der Waals surface area contributed by atoms with E-state index in [2.05, 4.69) is 27.5 Å². The molecule has 1 aromatic carbocycles. The Bertz CT molecular complexity index is 665. The Hall–Kier alpha value is -2.73. The highest BCUT2D eigenvalue weighted by Crippen LogP contribution is 2.15. The van der Waals surface area contributed by atoms with Crippen LogP contribution in [0.15, 0.2) is 71.3 Å². The molecule has 126 valence electrons. The van der Waals surface area contributed by atoms with Gasteiger partial charge in [-0.05, 0) is 29.9 Å². The zero-order chi connectivity index (χ0) is 17.4. The second kappa shape index (κ2) is 8.79. The summed E-state index contributed by atoms with van der Waals surface area (Å²) < 4.78 is 0. The van der Waals surface area contributed by atoms with Gasteiger partial charge in [0.2, 0.25) is 0 Å². The van der Waals surface area contributed by atoms with Gasteiger partial charge in [-0.3, -0.25) is 4.79 Å². The second-order valence-electron chi connectivity index (χ2n) is 5.66. The first-order valence-electron chi connectivity index (χ1n) is 7.76. The SMILES string of the molecule is CN(CCNC(=O)C1=CC(=CN=O)N(C)C=C1)Cc1ccccc1. The molecule has 0 bridgehead atoms. The summed E-state index contributed by atoms with van der Waals surface area (Å²) in [7, 11) is 3.81. The van der Waals surface area contributed by atoms with Crippen molar-refractivity contribution in [3.05, 3.63) is 76.6 Å². The maximum Gasteiger partial charge on any atom is 0.251 e. The normalized spacial score (nSPS) is 15.5. The molecule has 1 N–H and O–H groups in total. The Morgan fingerprint density at radius 1 is 1.33 bits per heavy atom. The fourth-order valence-electron chi connectivity index (χ4n) is 2.35. The van der Waals surface area contributed by atoms with Crippen molar-refractivity contribution in [3.63, 3.8) is 0 Å². The van der Waals surface area contributed by atoms with E-state index < -0.39 is 0 Å². The Labute approximate surface area is 142 Å². The van der Waals surface area contributed by atoms with E-state index in [4.69, 9.17) is 0 Å². The van der Waals surface area contributed by atoms with Crippen molar-refractivity contribution in [2.24, 2.45) is 5.18 Å². The number of nitrogens with zero attached hydrogens (tertiary/aromatic N) is 3. The van der Waals surface area contributed by atoms with Crippen LogP contribution >= 0.6 is 0 Å². The van der Waals surface area contributed by atoms with Crippen LogP contribution in [0.4, 0.5) is 0 Å². The maximum atomic E-state index is 12.2. The first-order chi connectivity index (χ1) is 11.6. The predicted octanol–water partition coefficient (Wildman–Crippen LogP) is 2.23. The van der Waals surface area contributed by atoms with Gasteiger partial charge in [-0.1, -0.05) is 30.3 Å². The average molecular weight is 326 g/mol. The van der Waals surface area contributed by atoms with Crippen LogP contribution in [0.2, 0.25) is 0 Å². The van der Waals surface area contributed by atoms with Crippen molar-refractivity contribution >= 4 is 5.91 Å². The summed E-state index contributed by atoms with van der Waals surface area (Å²) >= 11 is 0. The van der Waals surface area contributed by atoms with Gasteiger partial charge in [0.1, 0.15) is 0 Å². The van der Waals surface area contributed by atoms with E-state index in [0.29, 0.717) is 17.8 Å². The van der Waals surface area contributed by atoms with Crippen molar-refractivity contribution in [3.8, 4) is 0 Å². The predicted molar refractivity (Wildman–Crippen MR) is 94.6 cm³/mol. The molecule has 0 saturated heterocycles. The summed E-state index contributed by atoms with van der Waals surface area (Å²) in [6.07, 6.45) is 6.27. The molecule has 0 saturated carbocycles. The Morgan fingerprint density at radius 3 is 2.79 bits per heavy atom. The van der Waals surface area contributed by atoms with Crippen molar-refractivity contribution in [1.82, 2.24) is 15.1 Å². The van der Waals surface area contributed by atoms with Crippen LogP contribution in [-0.2, 0) is 11.3 Å². The standard InChI is InChI=1S/C18H22N4O2/c1-21(14-15-6-4-3-5-7-15)11-9-19-18(23)16-8-10-22(2)17(12-16)13-20-24/h3-8,10,12-13H,9,11,14H2,1-2H3,(H,19,23). The monoisotopic (exact) mass is 326 g/mol. The van der Waals surface area contributed by atoms with Crippen molar-refractivity contribution in [2.45, 2.75) is 6.54 Å². The van der Waals surface area contributed by atoms with Crippen LogP contribution in [0.1, 0.15) is 5.56 Å². The van der Waals surface area contributed by atoms with Gasteiger partial charge in [0.15, 0.2) is 0 Å². The summed E-state index contributed by atoms with van der Waals surface area (Å²) in [5, 5.41) is 5.65. The van der Waals surface area contributed by atoms with Crippen LogP contribution in [0.5, 0.6) is 0 Å². The zero-order valence-electron chi connectivity index (χ0n) is 14.0. The smallest absolute Gasteiger partial charge is 0.251 e. The molecule has 0 spiro atoms. The van der Waals surface area contributed by atoms with Crippen LogP contribution in [0.3, 0.4) is 0 Å². The molecule has 0 aromatic heterocycles. The third-order valence-corrected chi connectivity index (χ3v) is 3.71. The third-order valence-electron chi connectivity index (χ3n) is 3.71. The summed E-state index contributed by atoms with van der Waals surface area (Å²) in [6.45, 7) is 2.13. The molecule has 1 heterocycles. The van der Waals surface area contributed by atoms with E-state index in [1.165, 1.54) is 11.8 Å². The zero-order valence-corrected chi connectivity index (χ0v) is 14.0. The quantitative estimate of drug-likeness (QED) is 0.781. The minimum absolute atomic E-state index is 0.163. The first kappa shape index (κ1) is 17.6. The largest absolute Gasteiger partial charge is 0.351 e. The number of carbonyl (C=O) groups excluding carboxylic acids is 1. The molecule has 1 aliphatic rings. The molecule has 1 amide bonds. The van der Waals surface area contributed by atoms with E-state index >= 15 is 0 Å². The number of allylic oxidation sites excluding steroid dienone is 1. The summed E-state index contributed by atoms with van der Waals surface area (Å²) in [5.41, 5.74) is 2.33. The fourth-order valence-corrected chi connectivity index (χ4v) is 2.35. The van der Waals surface area contributed by atoms with Crippen molar-refractivity contribution in [2.75, 3.05) is 27.2 Å². The van der Waals surface area contributed by atoms with E-state index in [9.17, 15) is 9.70 Å². The molecule has 6 nitrogen and oxygen atoms in total. The number of likely N-dealkylation sites (N-methyl/N-ethyl adjacent to an activating group) is 2. The van der Waals surface area contributed by atoms with Gasteiger partial charge >= 0.3 is 0 Å². The van der Waals surface area contributed by atoms with Gasteiger partial charge < -0.3 is 15.1 Å². The van der Waals surface area contributed by atoms with Crippen LogP contribution in [0, 0.1) is 4.91 Å². The second-order valence-corrected chi connectivity index (χ2v) is 5.66. The highest BCUT2D eigenvalue weighted by atomic mass is 16.2. The number of amides is 1. The topological polar surface area (TPSA) is 65.0 Å². The molecule has 24 heavy (non-hydrogen) atoms. The van der Waals surface area contributed by atoms with Crippen LogP contribution < -0.4 is 5.32 Å². The number of benzene rings is 1. The maximum absolute atomic E-state index is 12.2. The number of hydrogen-bond donors (Lipinski definition) is 1. The van der Waals surface area contributed by atoms with E-state index in [1.807, 2.05) is 25.2 Å². The highest BCUT2D eigenvalue weighted by molar-refractivity contribution is 5.96. The van der Waals surface area contributed by atoms with Gasteiger partial charge in [0.05, 0.1) is 11.9 Å². The summed E-state index contributed by atoms with van der Waals surface area (Å²) in [6, 6.07) is 10.2. The first-order valence-corrected chi connectivity index (χ1v) is 7.76. The Balaban J connectivity index is 1.81. The van der Waals surface area contributed by atoms with Gasteiger partial charge in [0, 0.05) is 38.5 Å². The van der Waals surface area contributed by atoms with Gasteiger partial charge in [-0.2, -0.15) is 0 Å². The number of rotatable bonds is 7. The Kier molecular flexibility index (Phi) is 6.45. The summed E-state index contributed by atoms with van der Waals surface area (Å²) in [4.78, 5) is 26.4. The van der Waals surface area contributed by atoms with E-state index in [1.54, 1.807) is 30.3 Å². The minimum Gasteiger partial charge on any atom is -0.351 e. The van der Waals surface area contributed by atoms with E-state index in [-0.39, 0.29) is 5.91 Å². The Morgan fingerprint density at radius 2 is 2.08 bits per heavy atom. The van der Waals surface area contributed by atoms with Gasteiger partial charge in [-0.25, -0.2) is 0 Å². The molecule has 0 fully saturated rings. The van der Waals surface area contributed by atoms with Crippen molar-refractivity contribution < 1.29 is 4.79 Å². The number of nitrogens with one attached hydrogen (secondary N) is 1. The molecule has 2 rings (SSSR count). The third kappa shape index (κ3) is 5.17. The van der Waals surface area contributed by atoms with E-state index in [0.717, 1.165) is 13.1 Å².